The largest absolute Gasteiger partial charge is 0.372 e. The zero-order valence-corrected chi connectivity index (χ0v) is 13.4. The van der Waals surface area contributed by atoms with Crippen LogP contribution in [0.4, 0.5) is 5.69 Å². The molecule has 1 heterocycles. The first-order valence-electron chi connectivity index (χ1n) is 8.04. The smallest absolute Gasteiger partial charge is 0.0366 e. The van der Waals surface area contributed by atoms with E-state index in [1.54, 1.807) is 0 Å². The van der Waals surface area contributed by atoms with E-state index in [1.807, 2.05) is 13.8 Å². The highest BCUT2D eigenvalue weighted by Gasteiger charge is 2.21. The third-order valence-electron chi connectivity index (χ3n) is 4.19. The lowest BCUT2D eigenvalue weighted by molar-refractivity contribution is 0.311. The second-order valence-corrected chi connectivity index (χ2v) is 5.59. The molecule has 1 nitrogen and oxygen atoms in total. The van der Waals surface area contributed by atoms with Crippen LogP contribution in [-0.4, -0.2) is 13.1 Å². The van der Waals surface area contributed by atoms with E-state index in [0.717, 1.165) is 18.3 Å². The van der Waals surface area contributed by atoms with Crippen LogP contribution in [0.15, 0.2) is 24.3 Å². The van der Waals surface area contributed by atoms with E-state index in [-0.39, 0.29) is 0 Å². The number of nitrogens with zero attached hydrogens (tertiary/aromatic N) is 1. The molecular formula is C18H31N. The molecule has 1 aliphatic heterocycles. The molecule has 0 unspecified atom stereocenters. The van der Waals surface area contributed by atoms with Gasteiger partial charge in [-0.25, -0.2) is 0 Å². The normalized spacial score (nSPS) is 16.2. The molecule has 0 aliphatic carbocycles. The number of aryl methyl sites for hydroxylation is 1. The SMILES string of the molecule is CC.CCc1ccc(N2CCC(C(C)C)CC2)cc1. The molecule has 1 aromatic carbocycles. The predicted molar refractivity (Wildman–Crippen MR) is 86.9 cm³/mol. The van der Waals surface area contributed by atoms with Crippen LogP contribution in [0.1, 0.15) is 53.0 Å². The van der Waals surface area contributed by atoms with Crippen LogP contribution in [0.2, 0.25) is 0 Å². The average Bonchev–Trinajstić information content (AvgIpc) is 2.49. The van der Waals surface area contributed by atoms with Crippen molar-refractivity contribution in [2.24, 2.45) is 11.8 Å². The molecule has 1 aromatic rings. The molecule has 1 aliphatic rings. The molecule has 1 saturated heterocycles. The minimum absolute atomic E-state index is 0.847. The van der Waals surface area contributed by atoms with Crippen molar-refractivity contribution in [2.45, 2.75) is 53.9 Å². The van der Waals surface area contributed by atoms with Gasteiger partial charge in [0.25, 0.3) is 0 Å². The van der Waals surface area contributed by atoms with Crippen molar-refractivity contribution in [1.82, 2.24) is 0 Å². The molecule has 2 rings (SSSR count). The maximum Gasteiger partial charge on any atom is 0.0366 e. The van der Waals surface area contributed by atoms with Crippen LogP contribution in [0.5, 0.6) is 0 Å². The summed E-state index contributed by atoms with van der Waals surface area (Å²) in [5.74, 6) is 1.78. The Morgan fingerprint density at radius 2 is 1.58 bits per heavy atom. The van der Waals surface area contributed by atoms with Gasteiger partial charge in [0.2, 0.25) is 0 Å². The Bertz CT molecular complexity index is 331. The van der Waals surface area contributed by atoms with E-state index in [0.29, 0.717) is 0 Å². The quantitative estimate of drug-likeness (QED) is 0.727. The van der Waals surface area contributed by atoms with Crippen LogP contribution in [0.3, 0.4) is 0 Å². The van der Waals surface area contributed by atoms with E-state index in [1.165, 1.54) is 37.2 Å². The summed E-state index contributed by atoms with van der Waals surface area (Å²) in [4.78, 5) is 2.54. The molecule has 0 N–H and O–H groups in total. The molecule has 1 heteroatoms. The molecule has 0 aromatic heterocycles. The lowest BCUT2D eigenvalue weighted by atomic mass is 9.86. The molecular weight excluding hydrogens is 230 g/mol. The Morgan fingerprint density at radius 1 is 1.05 bits per heavy atom. The summed E-state index contributed by atoms with van der Waals surface area (Å²) in [5, 5.41) is 0. The summed E-state index contributed by atoms with van der Waals surface area (Å²) >= 11 is 0. The van der Waals surface area contributed by atoms with Gasteiger partial charge < -0.3 is 4.90 Å². The van der Waals surface area contributed by atoms with Crippen molar-refractivity contribution < 1.29 is 0 Å². The van der Waals surface area contributed by atoms with Crippen LogP contribution >= 0.6 is 0 Å². The second kappa shape index (κ2) is 8.24. The van der Waals surface area contributed by atoms with E-state index in [2.05, 4.69) is 49.9 Å². The first-order valence-corrected chi connectivity index (χ1v) is 8.04. The van der Waals surface area contributed by atoms with Gasteiger partial charge in [-0.1, -0.05) is 46.8 Å². The Labute approximate surface area is 120 Å². The zero-order chi connectivity index (χ0) is 14.3. The number of benzene rings is 1. The van der Waals surface area contributed by atoms with Crippen molar-refractivity contribution in [3.63, 3.8) is 0 Å². The monoisotopic (exact) mass is 261 g/mol. The number of hydrogen-bond acceptors (Lipinski definition) is 1. The van der Waals surface area contributed by atoms with Gasteiger partial charge in [-0.3, -0.25) is 0 Å². The van der Waals surface area contributed by atoms with Gasteiger partial charge >= 0.3 is 0 Å². The summed E-state index contributed by atoms with van der Waals surface area (Å²) in [6.07, 6.45) is 3.84. The molecule has 0 bridgehead atoms. The Kier molecular flexibility index (Phi) is 6.97. The third-order valence-corrected chi connectivity index (χ3v) is 4.19. The second-order valence-electron chi connectivity index (χ2n) is 5.59. The Morgan fingerprint density at radius 3 is 2.00 bits per heavy atom. The van der Waals surface area contributed by atoms with Crippen molar-refractivity contribution >= 4 is 5.69 Å². The minimum atomic E-state index is 0.847. The van der Waals surface area contributed by atoms with Crippen LogP contribution in [0, 0.1) is 11.8 Å². The fourth-order valence-electron chi connectivity index (χ4n) is 2.77. The number of hydrogen-bond donors (Lipinski definition) is 0. The summed E-state index contributed by atoms with van der Waals surface area (Å²) in [5.41, 5.74) is 2.84. The predicted octanol–water partition coefficient (Wildman–Crippen LogP) is 5.15. The third kappa shape index (κ3) is 4.56. The lowest BCUT2D eigenvalue weighted by Crippen LogP contribution is -2.35. The van der Waals surface area contributed by atoms with Gasteiger partial charge in [-0.05, 0) is 48.8 Å². The fourth-order valence-corrected chi connectivity index (χ4v) is 2.77. The number of piperidine rings is 1. The number of anilines is 1. The van der Waals surface area contributed by atoms with Crippen LogP contribution in [-0.2, 0) is 6.42 Å². The van der Waals surface area contributed by atoms with Gasteiger partial charge in [0.05, 0.1) is 0 Å². The van der Waals surface area contributed by atoms with Gasteiger partial charge in [-0.15, -0.1) is 0 Å². The Balaban J connectivity index is 0.000000861. The summed E-state index contributed by atoms with van der Waals surface area (Å²) in [6, 6.07) is 9.11. The van der Waals surface area contributed by atoms with E-state index >= 15 is 0 Å². The van der Waals surface area contributed by atoms with E-state index in [9.17, 15) is 0 Å². The molecule has 108 valence electrons. The summed E-state index contributed by atoms with van der Waals surface area (Å²) < 4.78 is 0. The first-order chi connectivity index (χ1) is 9.20. The Hall–Kier alpha value is -0.980. The van der Waals surface area contributed by atoms with Crippen molar-refractivity contribution in [2.75, 3.05) is 18.0 Å². The van der Waals surface area contributed by atoms with Crippen molar-refractivity contribution in [3.8, 4) is 0 Å². The number of rotatable bonds is 3. The fraction of sp³-hybridized carbons (Fsp3) is 0.667. The molecule has 0 saturated carbocycles. The molecule has 0 amide bonds. The standard InChI is InChI=1S/C16H25N.C2H6/c1-4-14-5-7-16(8-6-14)17-11-9-15(10-12-17)13(2)3;1-2/h5-8,13,15H,4,9-12H2,1-3H3;1-2H3. The molecule has 19 heavy (non-hydrogen) atoms. The highest BCUT2D eigenvalue weighted by atomic mass is 15.1. The maximum atomic E-state index is 2.54. The highest BCUT2D eigenvalue weighted by molar-refractivity contribution is 5.47. The van der Waals surface area contributed by atoms with Gasteiger partial charge in [-0.2, -0.15) is 0 Å². The van der Waals surface area contributed by atoms with Gasteiger partial charge in [0.1, 0.15) is 0 Å². The topological polar surface area (TPSA) is 3.24 Å². The van der Waals surface area contributed by atoms with Crippen molar-refractivity contribution in [1.29, 1.82) is 0 Å². The van der Waals surface area contributed by atoms with Gasteiger partial charge in [0.15, 0.2) is 0 Å². The average molecular weight is 261 g/mol. The van der Waals surface area contributed by atoms with Crippen LogP contribution in [0.25, 0.3) is 0 Å². The molecule has 0 spiro atoms. The molecule has 0 atom stereocenters. The lowest BCUT2D eigenvalue weighted by Gasteiger charge is -2.35. The van der Waals surface area contributed by atoms with E-state index in [4.69, 9.17) is 0 Å². The van der Waals surface area contributed by atoms with Gasteiger partial charge in [0, 0.05) is 18.8 Å². The maximum absolute atomic E-state index is 2.54. The van der Waals surface area contributed by atoms with E-state index < -0.39 is 0 Å². The van der Waals surface area contributed by atoms with Crippen LogP contribution < -0.4 is 4.90 Å². The summed E-state index contributed by atoms with van der Waals surface area (Å²) in [7, 11) is 0. The molecule has 0 radical (unpaired) electrons. The minimum Gasteiger partial charge on any atom is -0.372 e. The summed E-state index contributed by atoms with van der Waals surface area (Å²) in [6.45, 7) is 13.4. The first kappa shape index (κ1) is 16.1. The highest BCUT2D eigenvalue weighted by Crippen LogP contribution is 2.27. The van der Waals surface area contributed by atoms with Crippen molar-refractivity contribution in [3.05, 3.63) is 29.8 Å². The molecule has 1 fully saturated rings. The zero-order valence-electron chi connectivity index (χ0n) is 13.4.